The lowest BCUT2D eigenvalue weighted by molar-refractivity contribution is 0.568. The molecule has 0 aromatic heterocycles. The van der Waals surface area contributed by atoms with E-state index in [-0.39, 0.29) is 0 Å². The third-order valence-electron chi connectivity index (χ3n) is 2.94. The Morgan fingerprint density at radius 1 is 1.14 bits per heavy atom. The molecule has 1 aliphatic rings. The molecule has 0 N–H and O–H groups in total. The average molecular weight is 207 g/mol. The highest BCUT2D eigenvalue weighted by Crippen LogP contribution is 2.33. The summed E-state index contributed by atoms with van der Waals surface area (Å²) in [6.45, 7) is 0. The predicted molar refractivity (Wildman–Crippen MR) is 60.5 cm³/mol. The molecule has 14 heavy (non-hydrogen) atoms. The van der Waals surface area contributed by atoms with Gasteiger partial charge in [0.2, 0.25) is 0 Å². The monoisotopic (exact) mass is 207 g/mol. The average Bonchev–Trinajstić information content (AvgIpc) is 2.72. The fourth-order valence-corrected chi connectivity index (χ4v) is 3.68. The minimum absolute atomic E-state index is 0.721. The van der Waals surface area contributed by atoms with Crippen molar-refractivity contribution in [2.24, 2.45) is 5.92 Å². The van der Waals surface area contributed by atoms with Crippen LogP contribution in [0.25, 0.3) is 0 Å². The molecule has 2 heteroatoms. The second-order valence-electron chi connectivity index (χ2n) is 4.05. The summed E-state index contributed by atoms with van der Waals surface area (Å²) in [6.07, 6.45) is 6.15. The first-order valence-electron chi connectivity index (χ1n) is 5.36. The second kappa shape index (κ2) is 4.70. The highest BCUT2D eigenvalue weighted by Gasteiger charge is 2.27. The summed E-state index contributed by atoms with van der Waals surface area (Å²) < 4.78 is 11.9. The topological polar surface area (TPSA) is 17.1 Å². The molecule has 0 bridgehead atoms. The number of benzene rings is 1. The molecule has 74 valence electrons. The molecule has 1 unspecified atom stereocenters. The van der Waals surface area contributed by atoms with Crippen LogP contribution in [0.5, 0.6) is 0 Å². The standard InChI is InChI=1S/C12H16OP/c13-14(10-11-6-4-5-7-11)12-8-2-1-3-9-12/h1-3,8-9,11H,4-7,10H2/q+1. The number of rotatable bonds is 3. The largest absolute Gasteiger partial charge is 0.377 e. The molecule has 1 fully saturated rings. The van der Waals surface area contributed by atoms with Crippen LogP contribution >= 0.6 is 7.80 Å². The predicted octanol–water partition coefficient (Wildman–Crippen LogP) is 3.33. The summed E-state index contributed by atoms with van der Waals surface area (Å²) in [7, 11) is -1.14. The maximum Gasteiger partial charge on any atom is 0.377 e. The van der Waals surface area contributed by atoms with E-state index >= 15 is 0 Å². The Labute approximate surface area is 86.3 Å². The van der Waals surface area contributed by atoms with E-state index in [1.54, 1.807) is 0 Å². The molecule has 0 heterocycles. The second-order valence-corrected chi connectivity index (χ2v) is 5.69. The van der Waals surface area contributed by atoms with Crippen molar-refractivity contribution in [3.8, 4) is 0 Å². The van der Waals surface area contributed by atoms with Crippen molar-refractivity contribution in [1.82, 2.24) is 0 Å². The quantitative estimate of drug-likeness (QED) is 0.695. The molecule has 0 amide bonds. The molecule has 0 aliphatic heterocycles. The minimum Gasteiger partial charge on any atom is -0.0681 e. The lowest BCUT2D eigenvalue weighted by Gasteiger charge is -1.98. The van der Waals surface area contributed by atoms with E-state index in [4.69, 9.17) is 0 Å². The lowest BCUT2D eigenvalue weighted by atomic mass is 10.1. The van der Waals surface area contributed by atoms with Crippen LogP contribution in [0.15, 0.2) is 30.3 Å². The van der Waals surface area contributed by atoms with E-state index in [2.05, 4.69) is 0 Å². The summed E-state index contributed by atoms with van der Waals surface area (Å²) in [4.78, 5) is 0. The molecule has 0 saturated heterocycles. The molecular formula is C12H16OP+. The zero-order valence-electron chi connectivity index (χ0n) is 8.36. The summed E-state index contributed by atoms with van der Waals surface area (Å²) in [5, 5.41) is 1.02. The highest BCUT2D eigenvalue weighted by molar-refractivity contribution is 7.53. The summed E-state index contributed by atoms with van der Waals surface area (Å²) in [6, 6.07) is 9.87. The fourth-order valence-electron chi connectivity index (χ4n) is 2.13. The van der Waals surface area contributed by atoms with Crippen LogP contribution in [0, 0.1) is 5.92 Å². The van der Waals surface area contributed by atoms with Gasteiger partial charge in [-0.05, 0) is 25.0 Å². The van der Waals surface area contributed by atoms with Gasteiger partial charge in [-0.3, -0.25) is 0 Å². The van der Waals surface area contributed by atoms with Gasteiger partial charge in [0.25, 0.3) is 0 Å². The molecule has 1 aromatic rings. The van der Waals surface area contributed by atoms with Gasteiger partial charge in [0.1, 0.15) is 0 Å². The summed E-state index contributed by atoms with van der Waals surface area (Å²) in [5.41, 5.74) is 0. The van der Waals surface area contributed by atoms with Crippen molar-refractivity contribution >= 4 is 13.1 Å². The van der Waals surface area contributed by atoms with Crippen molar-refractivity contribution in [3.05, 3.63) is 30.3 Å². The molecule has 0 spiro atoms. The molecule has 1 aliphatic carbocycles. The highest BCUT2D eigenvalue weighted by atomic mass is 31.1. The van der Waals surface area contributed by atoms with E-state index in [9.17, 15) is 4.57 Å². The van der Waals surface area contributed by atoms with Crippen LogP contribution in [-0.2, 0) is 4.57 Å². The van der Waals surface area contributed by atoms with Crippen LogP contribution in [0.2, 0.25) is 0 Å². The van der Waals surface area contributed by atoms with Gasteiger partial charge in [-0.15, -0.1) is 0 Å². The third-order valence-corrected chi connectivity index (χ3v) is 4.67. The van der Waals surface area contributed by atoms with Gasteiger partial charge in [-0.1, -0.05) is 35.6 Å². The zero-order valence-corrected chi connectivity index (χ0v) is 9.25. The Hall–Kier alpha value is -0.680. The molecule has 1 nitrogen and oxygen atoms in total. The van der Waals surface area contributed by atoms with E-state index in [0.29, 0.717) is 0 Å². The van der Waals surface area contributed by atoms with Crippen molar-refractivity contribution in [2.45, 2.75) is 25.7 Å². The Morgan fingerprint density at radius 3 is 2.43 bits per heavy atom. The normalized spacial score (nSPS) is 18.4. The van der Waals surface area contributed by atoms with Gasteiger partial charge < -0.3 is 0 Å². The van der Waals surface area contributed by atoms with E-state index in [1.807, 2.05) is 30.3 Å². The molecular weight excluding hydrogens is 191 g/mol. The first-order chi connectivity index (χ1) is 6.86. The Balaban J connectivity index is 1.95. The number of hydrogen-bond donors (Lipinski definition) is 0. The van der Waals surface area contributed by atoms with Crippen LogP contribution in [-0.4, -0.2) is 6.16 Å². The summed E-state index contributed by atoms with van der Waals surface area (Å²) in [5.74, 6) is 0.721. The van der Waals surface area contributed by atoms with E-state index in [1.165, 1.54) is 25.7 Å². The first kappa shape index (κ1) is 9.86. The van der Waals surface area contributed by atoms with E-state index < -0.39 is 7.80 Å². The van der Waals surface area contributed by atoms with Crippen molar-refractivity contribution in [1.29, 1.82) is 0 Å². The summed E-state index contributed by atoms with van der Waals surface area (Å²) >= 11 is 0. The fraction of sp³-hybridized carbons (Fsp3) is 0.500. The molecule has 2 rings (SSSR count). The van der Waals surface area contributed by atoms with Crippen LogP contribution in [0.4, 0.5) is 0 Å². The molecule has 1 saturated carbocycles. The number of hydrogen-bond acceptors (Lipinski definition) is 1. The van der Waals surface area contributed by atoms with Gasteiger partial charge in [0.15, 0.2) is 11.5 Å². The Kier molecular flexibility index (Phi) is 3.31. The Bertz CT molecular complexity index is 301. The van der Waals surface area contributed by atoms with Crippen molar-refractivity contribution in [3.63, 3.8) is 0 Å². The molecule has 1 atom stereocenters. The zero-order chi connectivity index (χ0) is 9.80. The minimum atomic E-state index is -1.14. The molecule has 1 aromatic carbocycles. The smallest absolute Gasteiger partial charge is 0.0681 e. The van der Waals surface area contributed by atoms with Crippen LogP contribution < -0.4 is 5.30 Å². The van der Waals surface area contributed by atoms with Gasteiger partial charge in [-0.2, -0.15) is 0 Å². The van der Waals surface area contributed by atoms with E-state index in [0.717, 1.165) is 17.4 Å². The van der Waals surface area contributed by atoms with Crippen LogP contribution in [0.3, 0.4) is 0 Å². The van der Waals surface area contributed by atoms with Gasteiger partial charge >= 0.3 is 7.80 Å². The Morgan fingerprint density at radius 2 is 1.79 bits per heavy atom. The molecule has 0 radical (unpaired) electrons. The maximum absolute atomic E-state index is 11.9. The van der Waals surface area contributed by atoms with Crippen molar-refractivity contribution < 1.29 is 4.57 Å². The lowest BCUT2D eigenvalue weighted by Crippen LogP contribution is -2.03. The van der Waals surface area contributed by atoms with Gasteiger partial charge in [0.05, 0.1) is 0 Å². The van der Waals surface area contributed by atoms with Gasteiger partial charge in [0, 0.05) is 5.92 Å². The SMILES string of the molecule is O=[P+](CC1CCCC1)c1ccccc1. The van der Waals surface area contributed by atoms with Crippen molar-refractivity contribution in [2.75, 3.05) is 6.16 Å². The maximum atomic E-state index is 11.9. The van der Waals surface area contributed by atoms with Crippen LogP contribution in [0.1, 0.15) is 25.7 Å². The van der Waals surface area contributed by atoms with Gasteiger partial charge in [-0.25, -0.2) is 0 Å². The first-order valence-corrected chi connectivity index (χ1v) is 6.80. The third kappa shape index (κ3) is 2.42.